The number of fused-ring (bicyclic) bond motifs is 1. The first-order valence-electron chi connectivity index (χ1n) is 8.56. The van der Waals surface area contributed by atoms with Gasteiger partial charge in [0.15, 0.2) is 17.3 Å². The molecule has 0 N–H and O–H groups in total. The van der Waals surface area contributed by atoms with E-state index in [0.29, 0.717) is 5.82 Å². The van der Waals surface area contributed by atoms with Gasteiger partial charge < -0.3 is 4.90 Å². The Morgan fingerprint density at radius 3 is 2.60 bits per heavy atom. The summed E-state index contributed by atoms with van der Waals surface area (Å²) in [5.74, 6) is 2.30. The van der Waals surface area contributed by atoms with Gasteiger partial charge >= 0.3 is 0 Å². The Bertz CT molecular complexity index is 920. The van der Waals surface area contributed by atoms with Crippen LogP contribution in [0.5, 0.6) is 0 Å². The van der Waals surface area contributed by atoms with E-state index in [9.17, 15) is 0 Å². The highest BCUT2D eigenvalue weighted by molar-refractivity contribution is 5.76. The van der Waals surface area contributed by atoms with Crippen LogP contribution in [-0.4, -0.2) is 47.4 Å². The first kappa shape index (κ1) is 15.7. The fraction of sp³-hybridized carbons (Fsp3) is 0.471. The lowest BCUT2D eigenvalue weighted by molar-refractivity contribution is 0.744. The molecule has 0 radical (unpaired) electrons. The van der Waals surface area contributed by atoms with Crippen molar-refractivity contribution in [3.8, 4) is 0 Å². The summed E-state index contributed by atoms with van der Waals surface area (Å²) in [4.78, 5) is 15.9. The van der Waals surface area contributed by atoms with E-state index in [-0.39, 0.29) is 0 Å². The SMILES string of the molecule is C/C(=C\c1nc2c(C)ncc(C)n2n1)c1nc(N2CCCC2)nn1C. The van der Waals surface area contributed by atoms with Gasteiger partial charge in [0, 0.05) is 26.3 Å². The predicted molar refractivity (Wildman–Crippen MR) is 96.3 cm³/mol. The number of hydrogen-bond donors (Lipinski definition) is 0. The van der Waals surface area contributed by atoms with Crippen molar-refractivity contribution in [2.45, 2.75) is 33.6 Å². The van der Waals surface area contributed by atoms with Gasteiger partial charge in [-0.05, 0) is 45.3 Å². The number of allylic oxidation sites excluding steroid dienone is 1. The smallest absolute Gasteiger partial charge is 0.245 e. The lowest BCUT2D eigenvalue weighted by Gasteiger charge is -2.10. The summed E-state index contributed by atoms with van der Waals surface area (Å²) in [6, 6.07) is 0. The van der Waals surface area contributed by atoms with Gasteiger partial charge in [0.1, 0.15) is 0 Å². The number of anilines is 1. The summed E-state index contributed by atoms with van der Waals surface area (Å²) in [7, 11) is 1.93. The molecule has 8 heteroatoms. The van der Waals surface area contributed by atoms with Crippen LogP contribution in [0.4, 0.5) is 5.95 Å². The monoisotopic (exact) mass is 338 g/mol. The third-order valence-electron chi connectivity index (χ3n) is 4.57. The van der Waals surface area contributed by atoms with E-state index >= 15 is 0 Å². The molecule has 25 heavy (non-hydrogen) atoms. The normalized spacial score (nSPS) is 15.5. The highest BCUT2D eigenvalue weighted by atomic mass is 15.4. The molecule has 0 unspecified atom stereocenters. The quantitative estimate of drug-likeness (QED) is 0.727. The van der Waals surface area contributed by atoms with Crippen LogP contribution < -0.4 is 4.90 Å². The molecule has 0 bridgehead atoms. The lowest BCUT2D eigenvalue weighted by atomic mass is 10.2. The Labute approximate surface area is 146 Å². The van der Waals surface area contributed by atoms with Crippen LogP contribution in [-0.2, 0) is 7.05 Å². The zero-order valence-electron chi connectivity index (χ0n) is 15.1. The van der Waals surface area contributed by atoms with Crippen LogP contribution in [0.2, 0.25) is 0 Å². The summed E-state index contributed by atoms with van der Waals surface area (Å²) in [6.07, 6.45) is 6.17. The largest absolute Gasteiger partial charge is 0.340 e. The van der Waals surface area contributed by atoms with Gasteiger partial charge in [-0.2, -0.15) is 4.98 Å². The van der Waals surface area contributed by atoms with Crippen molar-refractivity contribution in [3.63, 3.8) is 0 Å². The van der Waals surface area contributed by atoms with Gasteiger partial charge in [-0.15, -0.1) is 10.2 Å². The van der Waals surface area contributed by atoms with E-state index in [1.165, 1.54) is 12.8 Å². The number of rotatable bonds is 3. The van der Waals surface area contributed by atoms with Gasteiger partial charge in [0.25, 0.3) is 0 Å². The highest BCUT2D eigenvalue weighted by Crippen LogP contribution is 2.21. The molecule has 8 nitrogen and oxygen atoms in total. The third-order valence-corrected chi connectivity index (χ3v) is 4.57. The number of aromatic nitrogens is 7. The van der Waals surface area contributed by atoms with Crippen LogP contribution in [0.3, 0.4) is 0 Å². The van der Waals surface area contributed by atoms with Gasteiger partial charge in [-0.25, -0.2) is 14.2 Å². The molecule has 0 aromatic carbocycles. The summed E-state index contributed by atoms with van der Waals surface area (Å²) in [5, 5.41) is 9.13. The Morgan fingerprint density at radius 1 is 1.12 bits per heavy atom. The van der Waals surface area contributed by atoms with Crippen molar-refractivity contribution in [1.29, 1.82) is 0 Å². The second kappa shape index (κ2) is 5.94. The molecule has 3 aromatic rings. The van der Waals surface area contributed by atoms with Crippen molar-refractivity contribution in [3.05, 3.63) is 29.2 Å². The molecule has 1 saturated heterocycles. The maximum absolute atomic E-state index is 4.71. The highest BCUT2D eigenvalue weighted by Gasteiger charge is 2.19. The maximum atomic E-state index is 4.71. The molecular weight excluding hydrogens is 316 g/mol. The predicted octanol–water partition coefficient (Wildman–Crippen LogP) is 2.03. The molecule has 0 saturated carbocycles. The van der Waals surface area contributed by atoms with Gasteiger partial charge in [0.05, 0.1) is 11.4 Å². The molecular formula is C17H22N8. The van der Waals surface area contributed by atoms with E-state index in [2.05, 4.69) is 25.1 Å². The van der Waals surface area contributed by atoms with Crippen LogP contribution >= 0.6 is 0 Å². The van der Waals surface area contributed by atoms with Crippen molar-refractivity contribution in [2.24, 2.45) is 7.05 Å². The standard InChI is InChI=1S/C17H22N8/c1-11(15-20-17(22-23(15)4)24-7-5-6-8-24)9-14-19-16-13(3)18-10-12(2)25(16)21-14/h9-10H,5-8H2,1-4H3/b11-9+. The molecule has 1 aliphatic heterocycles. The van der Waals surface area contributed by atoms with Crippen LogP contribution in [0, 0.1) is 13.8 Å². The van der Waals surface area contributed by atoms with Crippen molar-refractivity contribution in [1.82, 2.24) is 34.3 Å². The minimum Gasteiger partial charge on any atom is -0.340 e. The molecule has 3 aromatic heterocycles. The molecule has 1 aliphatic rings. The van der Waals surface area contributed by atoms with Gasteiger partial charge in [-0.3, -0.25) is 4.98 Å². The summed E-state index contributed by atoms with van der Waals surface area (Å²) < 4.78 is 3.65. The van der Waals surface area contributed by atoms with Gasteiger partial charge in [0.2, 0.25) is 5.95 Å². The van der Waals surface area contributed by atoms with Crippen molar-refractivity contribution < 1.29 is 0 Å². The van der Waals surface area contributed by atoms with E-state index in [0.717, 1.165) is 47.5 Å². The lowest BCUT2D eigenvalue weighted by Crippen LogP contribution is -2.19. The Morgan fingerprint density at radius 2 is 1.88 bits per heavy atom. The van der Waals surface area contributed by atoms with E-state index < -0.39 is 0 Å². The maximum Gasteiger partial charge on any atom is 0.245 e. The average Bonchev–Trinajstić information content (AvgIpc) is 3.29. The Hall–Kier alpha value is -2.77. The third kappa shape index (κ3) is 2.77. The number of nitrogens with zero attached hydrogens (tertiary/aromatic N) is 8. The van der Waals surface area contributed by atoms with Crippen LogP contribution in [0.15, 0.2) is 6.20 Å². The minimum atomic E-state index is 0.655. The summed E-state index contributed by atoms with van der Waals surface area (Å²) in [5.41, 5.74) is 3.60. The fourth-order valence-corrected chi connectivity index (χ4v) is 3.20. The second-order valence-electron chi connectivity index (χ2n) is 6.57. The second-order valence-corrected chi connectivity index (χ2v) is 6.57. The van der Waals surface area contributed by atoms with E-state index in [1.54, 1.807) is 0 Å². The Balaban J connectivity index is 1.70. The molecule has 130 valence electrons. The summed E-state index contributed by atoms with van der Waals surface area (Å²) in [6.45, 7) is 7.99. The Kier molecular flexibility index (Phi) is 3.74. The topological polar surface area (TPSA) is 77.0 Å². The first-order valence-corrected chi connectivity index (χ1v) is 8.56. The van der Waals surface area contributed by atoms with Crippen LogP contribution in [0.1, 0.15) is 42.8 Å². The molecule has 0 spiro atoms. The zero-order chi connectivity index (χ0) is 17.6. The minimum absolute atomic E-state index is 0.655. The zero-order valence-corrected chi connectivity index (χ0v) is 15.1. The molecule has 0 amide bonds. The van der Waals surface area contributed by atoms with E-state index in [1.807, 2.05) is 49.3 Å². The molecule has 0 aliphatic carbocycles. The molecule has 4 rings (SSSR count). The van der Waals surface area contributed by atoms with Crippen LogP contribution in [0.25, 0.3) is 17.3 Å². The molecule has 0 atom stereocenters. The first-order chi connectivity index (χ1) is 12.0. The van der Waals surface area contributed by atoms with Crippen molar-refractivity contribution >= 4 is 23.2 Å². The average molecular weight is 338 g/mol. The summed E-state index contributed by atoms with van der Waals surface area (Å²) >= 11 is 0. The number of hydrogen-bond acceptors (Lipinski definition) is 6. The van der Waals surface area contributed by atoms with E-state index in [4.69, 9.17) is 4.98 Å². The molecule has 1 fully saturated rings. The fourth-order valence-electron chi connectivity index (χ4n) is 3.20. The number of aryl methyl sites for hydroxylation is 3. The van der Waals surface area contributed by atoms with Crippen molar-refractivity contribution in [2.75, 3.05) is 18.0 Å². The molecule has 4 heterocycles. The van der Waals surface area contributed by atoms with Gasteiger partial charge in [-0.1, -0.05) is 0 Å².